The normalized spacial score (nSPS) is 34.7. The van der Waals surface area contributed by atoms with E-state index in [-0.39, 0.29) is 6.04 Å². The number of piperidine rings is 1. The summed E-state index contributed by atoms with van der Waals surface area (Å²) < 4.78 is 1.88. The predicted molar refractivity (Wildman–Crippen MR) is 113 cm³/mol. The first-order chi connectivity index (χ1) is 14.2. The fourth-order valence-corrected chi connectivity index (χ4v) is 5.12. The summed E-state index contributed by atoms with van der Waals surface area (Å²) in [6.07, 6.45) is 9.58. The molecule has 8 heteroatoms. The minimum Gasteiger partial charge on any atom is -0.367 e. The summed E-state index contributed by atoms with van der Waals surface area (Å²) in [5.41, 5.74) is 15.4. The van der Waals surface area contributed by atoms with Crippen molar-refractivity contribution in [1.29, 1.82) is 0 Å². The molecule has 1 aliphatic carbocycles. The molecule has 2 aliphatic heterocycles. The molecule has 0 spiro atoms. The molecule has 8 nitrogen and oxygen atoms in total. The molecule has 0 amide bonds. The maximum atomic E-state index is 6.04. The highest BCUT2D eigenvalue weighted by Crippen LogP contribution is 2.38. The van der Waals surface area contributed by atoms with Crippen molar-refractivity contribution in [2.45, 2.75) is 62.3 Å². The maximum Gasteiger partial charge on any atom is 0.126 e. The van der Waals surface area contributed by atoms with Crippen LogP contribution in [0.1, 0.15) is 55.4 Å². The van der Waals surface area contributed by atoms with Crippen molar-refractivity contribution in [3.05, 3.63) is 41.9 Å². The zero-order valence-corrected chi connectivity index (χ0v) is 17.0. The summed E-state index contributed by atoms with van der Waals surface area (Å²) in [5, 5.41) is 11.6. The van der Waals surface area contributed by atoms with Crippen LogP contribution in [0.15, 0.2) is 30.6 Å². The van der Waals surface area contributed by atoms with Gasteiger partial charge in [0.25, 0.3) is 0 Å². The summed E-state index contributed by atoms with van der Waals surface area (Å²) in [6, 6.07) is 8.15. The third kappa shape index (κ3) is 4.02. The van der Waals surface area contributed by atoms with Crippen LogP contribution in [0.4, 0.5) is 5.82 Å². The molecule has 1 saturated carbocycles. The van der Waals surface area contributed by atoms with Gasteiger partial charge in [-0.15, -0.1) is 0 Å². The molecule has 6 N–H and O–H groups in total. The van der Waals surface area contributed by atoms with E-state index in [1.165, 1.54) is 5.56 Å². The second kappa shape index (κ2) is 8.02. The van der Waals surface area contributed by atoms with Crippen LogP contribution in [0.2, 0.25) is 0 Å². The monoisotopic (exact) mass is 396 g/mol. The van der Waals surface area contributed by atoms with Crippen LogP contribution in [-0.2, 0) is 7.05 Å². The topological polar surface area (TPSA) is 105 Å². The molecule has 2 saturated heterocycles. The lowest BCUT2D eigenvalue weighted by atomic mass is 9.82. The molecule has 2 aromatic rings. The van der Waals surface area contributed by atoms with E-state index in [4.69, 9.17) is 10.7 Å². The lowest BCUT2D eigenvalue weighted by Crippen LogP contribution is -2.46. The van der Waals surface area contributed by atoms with Crippen molar-refractivity contribution >= 4 is 5.82 Å². The van der Waals surface area contributed by atoms with Gasteiger partial charge in [0.15, 0.2) is 0 Å². The molecule has 29 heavy (non-hydrogen) atoms. The van der Waals surface area contributed by atoms with Crippen LogP contribution in [0.3, 0.4) is 0 Å². The molecule has 4 atom stereocenters. The smallest absolute Gasteiger partial charge is 0.126 e. The number of rotatable bonds is 4. The number of aryl methyl sites for hydroxylation is 1. The quantitative estimate of drug-likeness (QED) is 0.532. The van der Waals surface area contributed by atoms with Crippen molar-refractivity contribution in [3.8, 4) is 0 Å². The molecule has 156 valence electrons. The number of fused-ring (bicyclic) bond motifs is 1. The van der Waals surface area contributed by atoms with E-state index >= 15 is 0 Å². The van der Waals surface area contributed by atoms with Crippen molar-refractivity contribution in [2.24, 2.45) is 18.7 Å². The molecular formula is C21H32N8. The minimum atomic E-state index is 0.211. The van der Waals surface area contributed by atoms with Gasteiger partial charge in [-0.2, -0.15) is 5.10 Å². The molecule has 2 aromatic heterocycles. The third-order valence-corrected chi connectivity index (χ3v) is 6.80. The number of hydrogen-bond acceptors (Lipinski definition) is 7. The highest BCUT2D eigenvalue weighted by atomic mass is 15.4. The number of nitrogens with two attached hydrogens (primary N) is 1. The molecular weight excluding hydrogens is 364 g/mol. The highest BCUT2D eigenvalue weighted by molar-refractivity contribution is 5.37. The number of hydrogen-bond donors (Lipinski definition) is 5. The van der Waals surface area contributed by atoms with Crippen LogP contribution >= 0.6 is 0 Å². The second-order valence-electron chi connectivity index (χ2n) is 8.88. The Morgan fingerprint density at radius 2 is 2.03 bits per heavy atom. The molecule has 4 heterocycles. The summed E-state index contributed by atoms with van der Waals surface area (Å²) in [5.74, 6) is 1.46. The van der Waals surface area contributed by atoms with E-state index in [1.807, 2.05) is 17.9 Å². The first kappa shape index (κ1) is 19.0. The van der Waals surface area contributed by atoms with Gasteiger partial charge in [0.1, 0.15) is 5.82 Å². The van der Waals surface area contributed by atoms with Gasteiger partial charge in [0.2, 0.25) is 0 Å². The van der Waals surface area contributed by atoms with Gasteiger partial charge in [-0.05, 0) is 44.2 Å². The Balaban J connectivity index is 1.29. The Morgan fingerprint density at radius 1 is 1.17 bits per heavy atom. The zero-order valence-electron chi connectivity index (χ0n) is 17.0. The van der Waals surface area contributed by atoms with Crippen molar-refractivity contribution < 1.29 is 0 Å². The van der Waals surface area contributed by atoms with Gasteiger partial charge < -0.3 is 16.4 Å². The van der Waals surface area contributed by atoms with E-state index in [0.29, 0.717) is 30.1 Å². The summed E-state index contributed by atoms with van der Waals surface area (Å²) >= 11 is 0. The fraction of sp³-hybridized carbons (Fsp3) is 0.619. The highest BCUT2D eigenvalue weighted by Gasteiger charge is 2.42. The largest absolute Gasteiger partial charge is 0.367 e. The van der Waals surface area contributed by atoms with Gasteiger partial charge in [-0.1, -0.05) is 6.07 Å². The maximum absolute atomic E-state index is 6.04. The van der Waals surface area contributed by atoms with Crippen LogP contribution in [0, 0.1) is 5.92 Å². The summed E-state index contributed by atoms with van der Waals surface area (Å²) in [6.45, 7) is 0.938. The Hall–Kier alpha value is -2.00. The Morgan fingerprint density at radius 3 is 2.83 bits per heavy atom. The number of hydrazine groups is 1. The molecule has 0 radical (unpaired) electrons. The first-order valence-corrected chi connectivity index (χ1v) is 10.9. The van der Waals surface area contributed by atoms with Crippen LogP contribution < -0.4 is 27.2 Å². The predicted octanol–water partition coefficient (Wildman–Crippen LogP) is 1.37. The van der Waals surface area contributed by atoms with E-state index < -0.39 is 0 Å². The fourth-order valence-electron chi connectivity index (χ4n) is 5.12. The first-order valence-electron chi connectivity index (χ1n) is 10.9. The van der Waals surface area contributed by atoms with Crippen LogP contribution in [0.5, 0.6) is 0 Å². The van der Waals surface area contributed by atoms with Crippen molar-refractivity contribution in [3.63, 3.8) is 0 Å². The van der Waals surface area contributed by atoms with Gasteiger partial charge >= 0.3 is 0 Å². The minimum absolute atomic E-state index is 0.211. The summed E-state index contributed by atoms with van der Waals surface area (Å²) in [7, 11) is 1.97. The van der Waals surface area contributed by atoms with Crippen LogP contribution in [-0.4, -0.2) is 39.4 Å². The Labute approximate surface area is 172 Å². The number of aromatic nitrogens is 3. The van der Waals surface area contributed by atoms with Crippen molar-refractivity contribution in [1.82, 2.24) is 30.9 Å². The Kier molecular flexibility index (Phi) is 5.26. The van der Waals surface area contributed by atoms with E-state index in [1.54, 1.807) is 0 Å². The standard InChI is InChI=1S/C21H32N8/c1-29-12-13(10-24-29)18-9-16-19(11-23-18)27-28-21(16)17-3-2-4-20(26-17)25-15-7-5-14(22)6-8-15/h2-4,10,12,14-16,18-19,21,23,27-28H,5-9,11,22H2,1H3,(H,25,26). The van der Waals surface area contributed by atoms with Gasteiger partial charge in [0.05, 0.1) is 17.9 Å². The second-order valence-corrected chi connectivity index (χ2v) is 8.88. The molecule has 5 rings (SSSR count). The number of anilines is 1. The van der Waals surface area contributed by atoms with Gasteiger partial charge in [-0.3, -0.25) is 10.1 Å². The molecule has 0 bridgehead atoms. The number of pyridine rings is 1. The van der Waals surface area contributed by atoms with Crippen molar-refractivity contribution in [2.75, 3.05) is 11.9 Å². The van der Waals surface area contributed by atoms with E-state index in [9.17, 15) is 0 Å². The number of nitrogens with one attached hydrogen (secondary N) is 4. The third-order valence-electron chi connectivity index (χ3n) is 6.80. The molecule has 3 fully saturated rings. The van der Waals surface area contributed by atoms with Crippen LogP contribution in [0.25, 0.3) is 0 Å². The van der Waals surface area contributed by atoms with Gasteiger partial charge in [-0.25, -0.2) is 10.4 Å². The average Bonchev–Trinajstić information content (AvgIpc) is 3.36. The SMILES string of the molecule is Cn1cc(C2CC3C(CN2)NNC3c2cccc(NC3CCC(N)CC3)n2)cn1. The molecule has 4 unspecified atom stereocenters. The Bertz CT molecular complexity index is 828. The average molecular weight is 397 g/mol. The number of nitrogens with zero attached hydrogens (tertiary/aromatic N) is 3. The van der Waals surface area contributed by atoms with Gasteiger partial charge in [0, 0.05) is 55.4 Å². The zero-order chi connectivity index (χ0) is 19.8. The lowest BCUT2D eigenvalue weighted by molar-refractivity contribution is 0.265. The van der Waals surface area contributed by atoms with E-state index in [2.05, 4.69) is 51.0 Å². The molecule has 3 aliphatic rings. The molecule has 0 aromatic carbocycles. The van der Waals surface area contributed by atoms with E-state index in [0.717, 1.165) is 50.2 Å². The summed E-state index contributed by atoms with van der Waals surface area (Å²) in [4.78, 5) is 4.98. The lowest BCUT2D eigenvalue weighted by Gasteiger charge is -2.33.